The lowest BCUT2D eigenvalue weighted by molar-refractivity contribution is 0.290. The van der Waals surface area contributed by atoms with Crippen molar-refractivity contribution in [2.24, 2.45) is 0 Å². The highest BCUT2D eigenvalue weighted by atomic mass is 79.9. The van der Waals surface area contributed by atoms with Gasteiger partial charge in [0.1, 0.15) is 4.99 Å². The van der Waals surface area contributed by atoms with Crippen molar-refractivity contribution in [1.29, 1.82) is 0 Å². The molecule has 26 valence electrons. The summed E-state index contributed by atoms with van der Waals surface area (Å²) in [5.41, 5.74) is 0. The van der Waals surface area contributed by atoms with Crippen molar-refractivity contribution in [1.82, 2.24) is 0 Å². The minimum Gasteiger partial charge on any atom is -0.382 e. The first kappa shape index (κ1) is 2.67. The molecule has 0 aliphatic heterocycles. The first-order valence-electron chi connectivity index (χ1n) is 1.41. The van der Waals surface area contributed by atoms with Crippen LogP contribution < -0.4 is 0 Å². The molecule has 1 unspecified atom stereocenters. The van der Waals surface area contributed by atoms with E-state index in [0.29, 0.717) is 0 Å². The smallest absolute Gasteiger partial charge is 0.106 e. The minimum absolute atomic E-state index is 1.33. The van der Waals surface area contributed by atoms with Crippen LogP contribution in [0, 0.1) is 0 Å². The third kappa shape index (κ3) is 26.1. The van der Waals surface area contributed by atoms with Gasteiger partial charge in [-0.05, 0) is 6.92 Å². The third-order valence-electron chi connectivity index (χ3n) is 0. The summed E-state index contributed by atoms with van der Waals surface area (Å²) in [7, 11) is 0. The second-order valence-electron chi connectivity index (χ2n) is 0.497. The van der Waals surface area contributed by atoms with Gasteiger partial charge in [0.05, 0.1) is 1.37 Å². The molecule has 0 aromatic heterocycles. The molecule has 1 N–H and O–H groups in total. The Bertz CT molecular complexity index is 25.1. The zero-order valence-corrected chi connectivity index (χ0v) is 3.91. The molecule has 0 amide bonds. The number of aliphatic hydroxyl groups is 1. The van der Waals surface area contributed by atoms with Crippen LogP contribution in [0.3, 0.4) is 0 Å². The van der Waals surface area contributed by atoms with Crippen LogP contribution >= 0.6 is 15.9 Å². The van der Waals surface area contributed by atoms with Crippen LogP contribution in [0.25, 0.3) is 0 Å². The quantitative estimate of drug-likeness (QED) is 0.474. The van der Waals surface area contributed by atoms with E-state index in [1.165, 1.54) is 6.92 Å². The van der Waals surface area contributed by atoms with Gasteiger partial charge in [-0.1, -0.05) is 15.9 Å². The highest BCUT2D eigenvalue weighted by Gasteiger charge is 1.72. The van der Waals surface area contributed by atoms with E-state index in [1.807, 2.05) is 0 Å². The summed E-state index contributed by atoms with van der Waals surface area (Å²) in [4.78, 5) is -1.44. The van der Waals surface area contributed by atoms with Crippen LogP contribution in [-0.2, 0) is 0 Å². The van der Waals surface area contributed by atoms with Gasteiger partial charge in [0, 0.05) is 0 Å². The molecule has 0 fully saturated rings. The molecule has 0 spiro atoms. The third-order valence-corrected chi connectivity index (χ3v) is 0. The average molecular weight is 126 g/mol. The number of alkyl halides is 1. The lowest BCUT2D eigenvalue weighted by atomic mass is 10.9. The van der Waals surface area contributed by atoms with Crippen LogP contribution in [0.5, 0.6) is 0 Å². The van der Waals surface area contributed by atoms with Crippen LogP contribution in [-0.4, -0.2) is 10.1 Å². The van der Waals surface area contributed by atoms with Crippen molar-refractivity contribution in [2.45, 2.75) is 11.9 Å². The largest absolute Gasteiger partial charge is 0.382 e. The number of hydrogen-bond acceptors (Lipinski definition) is 1. The molecule has 0 radical (unpaired) electrons. The predicted octanol–water partition coefficient (Wildman–Crippen LogP) is 0.720. The lowest BCUT2D eigenvalue weighted by Crippen LogP contribution is -1.78. The van der Waals surface area contributed by atoms with Gasteiger partial charge in [0.25, 0.3) is 0 Å². The summed E-state index contributed by atoms with van der Waals surface area (Å²) in [6.07, 6.45) is 0. The Morgan fingerprint density at radius 3 is 2.50 bits per heavy atom. The summed E-state index contributed by atoms with van der Waals surface area (Å²) in [5, 5.41) is 8.10. The highest BCUT2D eigenvalue weighted by Crippen LogP contribution is 1.85. The normalized spacial score (nSPS) is 27.2. The lowest BCUT2D eigenvalue weighted by Gasteiger charge is -1.77. The van der Waals surface area contributed by atoms with Gasteiger partial charge in [-0.25, -0.2) is 0 Å². The van der Waals surface area contributed by atoms with Crippen molar-refractivity contribution >= 4 is 15.9 Å². The molecule has 0 bridgehead atoms. The molecule has 0 heterocycles. The van der Waals surface area contributed by atoms with Gasteiger partial charge in [0.2, 0.25) is 0 Å². The number of rotatable bonds is 0. The van der Waals surface area contributed by atoms with E-state index < -0.39 is 4.99 Å². The van der Waals surface area contributed by atoms with Crippen LogP contribution in [0.2, 0.25) is 0 Å². The molecule has 0 saturated heterocycles. The maximum absolute atomic E-state index is 8.10. The second-order valence-corrected chi connectivity index (χ2v) is 1.64. The fraction of sp³-hybridized carbons (Fsp3) is 1.00. The fourth-order valence-corrected chi connectivity index (χ4v) is 0. The molecular weight excluding hydrogens is 120 g/mol. The van der Waals surface area contributed by atoms with E-state index in [1.54, 1.807) is 0 Å². The van der Waals surface area contributed by atoms with E-state index in [9.17, 15) is 0 Å². The number of halogens is 1. The van der Waals surface area contributed by atoms with E-state index in [-0.39, 0.29) is 0 Å². The van der Waals surface area contributed by atoms with Gasteiger partial charge in [0.15, 0.2) is 0 Å². The Morgan fingerprint density at radius 1 is 2.50 bits per heavy atom. The molecule has 4 heavy (non-hydrogen) atoms. The molecule has 0 aromatic carbocycles. The van der Waals surface area contributed by atoms with E-state index >= 15 is 0 Å². The molecule has 0 aliphatic carbocycles. The molecule has 1 nitrogen and oxygen atoms in total. The summed E-state index contributed by atoms with van der Waals surface area (Å²) in [6, 6.07) is 0. The first-order chi connectivity index (χ1) is 2.00. The monoisotopic (exact) mass is 125 g/mol. The molecule has 0 rings (SSSR count). The Hall–Kier alpha value is 0.440. The second kappa shape index (κ2) is 1.73. The predicted molar refractivity (Wildman–Crippen MR) is 20.6 cm³/mol. The molecule has 0 aromatic rings. The van der Waals surface area contributed by atoms with Crippen LogP contribution in [0.4, 0.5) is 0 Å². The zero-order chi connectivity index (χ0) is 4.50. The van der Waals surface area contributed by atoms with E-state index in [0.717, 1.165) is 0 Å². The van der Waals surface area contributed by atoms with Crippen LogP contribution in [0.15, 0.2) is 0 Å². The first-order valence-corrected chi connectivity index (χ1v) is 1.71. The summed E-state index contributed by atoms with van der Waals surface area (Å²) in [5.74, 6) is 0. The Morgan fingerprint density at radius 2 is 2.50 bits per heavy atom. The minimum atomic E-state index is -1.44. The Kier molecular flexibility index (Phi) is 1.15. The Balaban J connectivity index is 3.02. The topological polar surface area (TPSA) is 20.2 Å². The van der Waals surface area contributed by atoms with E-state index in [4.69, 9.17) is 6.48 Å². The van der Waals surface area contributed by atoms with Gasteiger partial charge in [-0.3, -0.25) is 0 Å². The maximum Gasteiger partial charge on any atom is 0.106 e. The van der Waals surface area contributed by atoms with Crippen molar-refractivity contribution < 1.29 is 6.48 Å². The standard InChI is InChI=1S/C2H5BrO/c1-2(3)4/h2,4H,1H3/i2D. The van der Waals surface area contributed by atoms with Crippen molar-refractivity contribution in [3.05, 3.63) is 0 Å². The van der Waals surface area contributed by atoms with Gasteiger partial charge >= 0.3 is 0 Å². The van der Waals surface area contributed by atoms with Crippen molar-refractivity contribution in [3.8, 4) is 0 Å². The molecule has 0 saturated carbocycles. The summed E-state index contributed by atoms with van der Waals surface area (Å²) >= 11 is 2.60. The Labute approximate surface area is 35.2 Å². The number of hydrogen-bond donors (Lipinski definition) is 1. The molecular formula is C2H5BrO. The fourth-order valence-electron chi connectivity index (χ4n) is 0. The highest BCUT2D eigenvalue weighted by molar-refractivity contribution is 9.09. The van der Waals surface area contributed by atoms with Gasteiger partial charge in [-0.2, -0.15) is 0 Å². The van der Waals surface area contributed by atoms with Crippen molar-refractivity contribution in [2.75, 3.05) is 0 Å². The molecule has 2 heteroatoms. The summed E-state index contributed by atoms with van der Waals surface area (Å²) in [6.45, 7) is 1.33. The molecule has 1 atom stereocenters. The zero-order valence-electron chi connectivity index (χ0n) is 3.33. The molecule has 0 aliphatic rings. The van der Waals surface area contributed by atoms with Gasteiger partial charge < -0.3 is 5.11 Å². The average Bonchev–Trinajstić information content (AvgIpc) is 0.722. The van der Waals surface area contributed by atoms with Crippen molar-refractivity contribution in [3.63, 3.8) is 0 Å². The summed E-state index contributed by atoms with van der Waals surface area (Å²) < 4.78 is 6.41. The maximum atomic E-state index is 8.10. The van der Waals surface area contributed by atoms with Crippen LogP contribution in [0.1, 0.15) is 8.29 Å². The SMILES string of the molecule is [2H]C(C)(O)Br. The van der Waals surface area contributed by atoms with E-state index in [2.05, 4.69) is 15.9 Å². The van der Waals surface area contributed by atoms with Gasteiger partial charge in [-0.15, -0.1) is 0 Å².